The van der Waals surface area contributed by atoms with E-state index in [1.165, 1.54) is 0 Å². The first kappa shape index (κ1) is 25.0. The molecule has 0 unspecified atom stereocenters. The second-order valence-corrected chi connectivity index (χ2v) is 9.96. The summed E-state index contributed by atoms with van der Waals surface area (Å²) in [5.41, 5.74) is 1.52. The highest BCUT2D eigenvalue weighted by molar-refractivity contribution is 5.85. The van der Waals surface area contributed by atoms with E-state index in [-0.39, 0.29) is 11.9 Å². The van der Waals surface area contributed by atoms with Crippen LogP contribution in [0.15, 0.2) is 36.4 Å². The predicted octanol–water partition coefficient (Wildman–Crippen LogP) is 6.21. The number of rotatable bonds is 7. The van der Waals surface area contributed by atoms with Crippen molar-refractivity contribution in [3.05, 3.63) is 64.9 Å². The lowest BCUT2D eigenvalue weighted by atomic mass is 9.88. The van der Waals surface area contributed by atoms with Crippen LogP contribution in [0.3, 0.4) is 0 Å². The van der Waals surface area contributed by atoms with E-state index in [1.807, 2.05) is 24.3 Å². The molecule has 0 saturated carbocycles. The molecule has 3 aromatic rings. The zero-order chi connectivity index (χ0) is 25.6. The van der Waals surface area contributed by atoms with Gasteiger partial charge in [0.15, 0.2) is 0 Å². The van der Waals surface area contributed by atoms with E-state index >= 15 is 8.78 Å². The minimum atomic E-state index is -4.53. The summed E-state index contributed by atoms with van der Waals surface area (Å²) in [6.07, 6.45) is -2.19. The molecule has 0 bridgehead atoms. The van der Waals surface area contributed by atoms with Gasteiger partial charge in [-0.25, -0.2) is 8.78 Å². The summed E-state index contributed by atoms with van der Waals surface area (Å²) in [5.74, 6) is -1.77. The fraction of sp³-hybridized carbons (Fsp3) is 0.481. The van der Waals surface area contributed by atoms with E-state index in [2.05, 4.69) is 16.8 Å². The summed E-state index contributed by atoms with van der Waals surface area (Å²) >= 11 is 0. The highest BCUT2D eigenvalue weighted by Crippen LogP contribution is 2.44. The number of nitrogens with zero attached hydrogens (tertiary/aromatic N) is 2. The third-order valence-electron chi connectivity index (χ3n) is 7.26. The summed E-state index contributed by atoms with van der Waals surface area (Å²) < 4.78 is 77.6. The lowest BCUT2D eigenvalue weighted by molar-refractivity contribution is -0.155. The maximum absolute atomic E-state index is 15.5. The maximum atomic E-state index is 15.5. The number of nitrogens with one attached hydrogen (secondary N) is 1. The molecule has 5 rings (SSSR count). The second-order valence-electron chi connectivity index (χ2n) is 9.96. The number of halogens is 5. The summed E-state index contributed by atoms with van der Waals surface area (Å²) in [7, 11) is 0. The fourth-order valence-electron chi connectivity index (χ4n) is 5.52. The number of likely N-dealkylation sites (tertiary alicyclic amines) is 1. The van der Waals surface area contributed by atoms with Gasteiger partial charge in [-0.2, -0.15) is 13.2 Å². The largest absolute Gasteiger partial charge is 0.488 e. The Bertz CT molecular complexity index is 1210. The number of aromatic nitrogens is 1. The molecule has 36 heavy (non-hydrogen) atoms. The van der Waals surface area contributed by atoms with Crippen LogP contribution in [0.4, 0.5) is 22.0 Å². The summed E-state index contributed by atoms with van der Waals surface area (Å²) in [5, 5.41) is 0.856. The molecule has 0 radical (unpaired) electrons. The molecule has 0 amide bonds. The van der Waals surface area contributed by atoms with Gasteiger partial charge in [-0.3, -0.25) is 9.80 Å². The zero-order valence-electron chi connectivity index (χ0n) is 20.3. The highest BCUT2D eigenvalue weighted by atomic mass is 19.4. The Morgan fingerprint density at radius 1 is 1.08 bits per heavy atom. The minimum Gasteiger partial charge on any atom is -0.488 e. The van der Waals surface area contributed by atoms with E-state index in [1.54, 1.807) is 6.92 Å². The van der Waals surface area contributed by atoms with Gasteiger partial charge in [-0.05, 0) is 37.9 Å². The molecule has 1 N–H and O–H groups in total. The molecule has 2 aliphatic rings. The van der Waals surface area contributed by atoms with Crippen LogP contribution in [0.25, 0.3) is 10.9 Å². The van der Waals surface area contributed by atoms with Crippen LogP contribution >= 0.6 is 0 Å². The average Bonchev–Trinajstić information content (AvgIpc) is 3.14. The zero-order valence-corrected chi connectivity index (χ0v) is 20.3. The lowest BCUT2D eigenvalue weighted by Gasteiger charge is -2.41. The summed E-state index contributed by atoms with van der Waals surface area (Å²) in [6.45, 7) is 4.83. The molecule has 2 aromatic carbocycles. The molecular weight excluding hydrogens is 477 g/mol. The number of ether oxygens (including phenoxy) is 1. The second kappa shape index (κ2) is 9.67. The first-order chi connectivity index (χ1) is 17.1. The van der Waals surface area contributed by atoms with Gasteiger partial charge in [-0.15, -0.1) is 0 Å². The Morgan fingerprint density at radius 3 is 2.44 bits per heavy atom. The van der Waals surface area contributed by atoms with Gasteiger partial charge in [0.05, 0.1) is 12.6 Å². The lowest BCUT2D eigenvalue weighted by Crippen LogP contribution is -2.53. The molecular formula is C27H30F5N3O. The van der Waals surface area contributed by atoms with Crippen LogP contribution in [0.2, 0.25) is 0 Å². The van der Waals surface area contributed by atoms with Crippen LogP contribution in [0.1, 0.15) is 49.6 Å². The fourth-order valence-corrected chi connectivity index (χ4v) is 5.52. The number of H-pyrrole nitrogens is 1. The SMILES string of the molecule is CCCCN1CC(Oc2cc(F)c([C@@H]3c4[nH]c5ccccc5c4C[C@@H](C)N3CC(F)(F)F)c(F)c2)C1. The molecule has 1 saturated heterocycles. The van der Waals surface area contributed by atoms with Crippen molar-refractivity contribution in [1.82, 2.24) is 14.8 Å². The number of alkyl halides is 3. The molecule has 0 aliphatic carbocycles. The van der Waals surface area contributed by atoms with Crippen LogP contribution < -0.4 is 4.74 Å². The van der Waals surface area contributed by atoms with Gasteiger partial charge >= 0.3 is 6.18 Å². The monoisotopic (exact) mass is 507 g/mol. The summed E-state index contributed by atoms with van der Waals surface area (Å²) in [4.78, 5) is 6.51. The molecule has 1 fully saturated rings. The van der Waals surface area contributed by atoms with Crippen molar-refractivity contribution in [3.8, 4) is 5.75 Å². The van der Waals surface area contributed by atoms with Crippen molar-refractivity contribution >= 4 is 10.9 Å². The van der Waals surface area contributed by atoms with Gasteiger partial charge in [0.25, 0.3) is 0 Å². The normalized spacial score (nSPS) is 21.5. The Labute approximate surface area is 207 Å². The predicted molar refractivity (Wildman–Crippen MR) is 128 cm³/mol. The van der Waals surface area contributed by atoms with Crippen molar-refractivity contribution in [3.63, 3.8) is 0 Å². The van der Waals surface area contributed by atoms with Crippen molar-refractivity contribution in [2.24, 2.45) is 0 Å². The molecule has 3 heterocycles. The third kappa shape index (κ3) is 4.83. The van der Waals surface area contributed by atoms with E-state index in [9.17, 15) is 13.2 Å². The molecule has 2 aliphatic heterocycles. The number of fused-ring (bicyclic) bond motifs is 3. The number of hydrogen-bond donors (Lipinski definition) is 1. The number of aromatic amines is 1. The van der Waals surface area contributed by atoms with Crippen molar-refractivity contribution in [1.29, 1.82) is 0 Å². The van der Waals surface area contributed by atoms with Crippen molar-refractivity contribution in [2.45, 2.75) is 57.5 Å². The van der Waals surface area contributed by atoms with E-state index in [0.29, 0.717) is 25.2 Å². The highest BCUT2D eigenvalue weighted by Gasteiger charge is 2.44. The molecule has 1 aromatic heterocycles. The Kier molecular flexibility index (Phi) is 6.72. The Balaban J connectivity index is 1.50. The van der Waals surface area contributed by atoms with Crippen LogP contribution in [0, 0.1) is 11.6 Å². The molecule has 4 nitrogen and oxygen atoms in total. The number of unbranched alkanes of at least 4 members (excludes halogenated alkanes) is 1. The molecule has 9 heteroatoms. The summed E-state index contributed by atoms with van der Waals surface area (Å²) in [6, 6.07) is 7.71. The smallest absolute Gasteiger partial charge is 0.401 e. The van der Waals surface area contributed by atoms with Gasteiger partial charge in [0.1, 0.15) is 23.5 Å². The maximum Gasteiger partial charge on any atom is 0.401 e. The standard InChI is InChI=1S/C27H30F5N3O/c1-3-4-9-34-13-18(14-34)36-17-11-21(28)24(22(29)12-17)26-25-20(19-7-5-6-8-23(19)33-25)10-16(2)35(26)15-27(30,31)32/h5-8,11-12,16,18,26,33H,3-4,9-10,13-15H2,1-2H3/t16-,26-/m1/s1. The number of hydrogen-bond acceptors (Lipinski definition) is 3. The quantitative estimate of drug-likeness (QED) is 0.386. The van der Waals surface area contributed by atoms with Crippen LogP contribution in [-0.4, -0.2) is 59.3 Å². The van der Waals surface area contributed by atoms with Crippen molar-refractivity contribution in [2.75, 3.05) is 26.2 Å². The first-order valence-electron chi connectivity index (χ1n) is 12.4. The van der Waals surface area contributed by atoms with Gasteiger partial charge in [0, 0.05) is 53.4 Å². The molecule has 2 atom stereocenters. The van der Waals surface area contributed by atoms with Gasteiger partial charge < -0.3 is 9.72 Å². The Morgan fingerprint density at radius 2 is 1.78 bits per heavy atom. The minimum absolute atomic E-state index is 0.0528. The van der Waals surface area contributed by atoms with Crippen LogP contribution in [0.5, 0.6) is 5.75 Å². The van der Waals surface area contributed by atoms with E-state index < -0.39 is 42.0 Å². The first-order valence-corrected chi connectivity index (χ1v) is 12.4. The number of para-hydroxylation sites is 1. The number of benzene rings is 2. The van der Waals surface area contributed by atoms with E-state index in [0.717, 1.165) is 52.9 Å². The average molecular weight is 508 g/mol. The molecule has 194 valence electrons. The van der Waals surface area contributed by atoms with E-state index in [4.69, 9.17) is 4.74 Å². The van der Waals surface area contributed by atoms with Gasteiger partial charge in [0.2, 0.25) is 0 Å². The Hall–Kier alpha value is -2.65. The third-order valence-corrected chi connectivity index (χ3v) is 7.26. The molecule has 0 spiro atoms. The van der Waals surface area contributed by atoms with Crippen molar-refractivity contribution < 1.29 is 26.7 Å². The van der Waals surface area contributed by atoms with Crippen LogP contribution in [-0.2, 0) is 6.42 Å². The topological polar surface area (TPSA) is 31.5 Å². The van der Waals surface area contributed by atoms with Gasteiger partial charge in [-0.1, -0.05) is 31.5 Å².